The minimum atomic E-state index is -1.54. The van der Waals surface area contributed by atoms with E-state index in [1.807, 2.05) is 0 Å². The van der Waals surface area contributed by atoms with Crippen LogP contribution in [0.1, 0.15) is 60.6 Å². The lowest BCUT2D eigenvalue weighted by molar-refractivity contribution is -0.156. The molecule has 25 heavy (non-hydrogen) atoms. The minimum absolute atomic E-state index is 0.00494. The van der Waals surface area contributed by atoms with Gasteiger partial charge in [0.05, 0.1) is 6.42 Å². The molecule has 1 aromatic heterocycles. The predicted molar refractivity (Wildman–Crippen MR) is 101 cm³/mol. The Morgan fingerprint density at radius 1 is 1.28 bits per heavy atom. The second-order valence-corrected chi connectivity index (χ2v) is 10.8. The van der Waals surface area contributed by atoms with Crippen molar-refractivity contribution >= 4 is 33.3 Å². The van der Waals surface area contributed by atoms with Gasteiger partial charge in [0.25, 0.3) is 0 Å². The lowest BCUT2D eigenvalue weighted by Crippen LogP contribution is -2.52. The maximum absolute atomic E-state index is 14.4. The number of hydrogen-bond donors (Lipinski definition) is 1. The Labute approximate surface area is 160 Å². The molecule has 1 rings (SSSR count). The van der Waals surface area contributed by atoms with Gasteiger partial charge in [0.15, 0.2) is 0 Å². The topological polar surface area (TPSA) is 74.3 Å². The first kappa shape index (κ1) is 22.3. The van der Waals surface area contributed by atoms with E-state index in [0.717, 1.165) is 0 Å². The van der Waals surface area contributed by atoms with E-state index in [9.17, 15) is 13.7 Å². The molecular weight excluding hydrogens is 411 g/mol. The van der Waals surface area contributed by atoms with E-state index in [0.29, 0.717) is 4.60 Å². The van der Waals surface area contributed by atoms with Crippen molar-refractivity contribution in [1.82, 2.24) is 9.71 Å². The lowest BCUT2D eigenvalue weighted by atomic mass is 9.93. The lowest BCUT2D eigenvalue weighted by Gasteiger charge is -2.34. The SMILES string of the molecule is CC(C)(C)OC(=O)CC(C)(N[S@+]([O-])C(C)(C)C)c1nc(Br)ccc1F. The quantitative estimate of drug-likeness (QED) is 0.429. The van der Waals surface area contributed by atoms with Crippen LogP contribution in [0.3, 0.4) is 0 Å². The number of nitrogens with one attached hydrogen (secondary N) is 1. The third kappa shape index (κ3) is 6.84. The van der Waals surface area contributed by atoms with E-state index in [4.69, 9.17) is 4.74 Å². The van der Waals surface area contributed by atoms with Crippen molar-refractivity contribution in [1.29, 1.82) is 0 Å². The van der Waals surface area contributed by atoms with Crippen LogP contribution in [-0.2, 0) is 26.4 Å². The van der Waals surface area contributed by atoms with E-state index in [1.54, 1.807) is 48.5 Å². The highest BCUT2D eigenvalue weighted by Crippen LogP contribution is 2.31. The van der Waals surface area contributed by atoms with Crippen LogP contribution in [0, 0.1) is 5.82 Å². The summed E-state index contributed by atoms with van der Waals surface area (Å²) in [5.41, 5.74) is -1.97. The molecule has 1 heterocycles. The highest BCUT2D eigenvalue weighted by molar-refractivity contribution is 9.10. The van der Waals surface area contributed by atoms with Crippen LogP contribution in [0.25, 0.3) is 0 Å². The van der Waals surface area contributed by atoms with Gasteiger partial charge in [-0.3, -0.25) is 4.79 Å². The average Bonchev–Trinajstić information content (AvgIpc) is 2.37. The van der Waals surface area contributed by atoms with Crippen molar-refractivity contribution in [3.05, 3.63) is 28.2 Å². The molecule has 0 fully saturated rings. The van der Waals surface area contributed by atoms with Gasteiger partial charge in [-0.15, -0.1) is 4.72 Å². The standard InChI is InChI=1S/C17H26BrFN2O3S/c1-15(2,3)24-13(22)10-17(7,21-25(23)16(4,5)6)14-11(19)8-9-12(18)20-14/h8-9,21H,10H2,1-7H3/t17?,25-/m1/s1. The molecule has 0 aliphatic carbocycles. The molecule has 0 saturated carbocycles. The number of hydrogen-bond acceptors (Lipinski definition) is 5. The molecule has 1 unspecified atom stereocenters. The molecule has 0 saturated heterocycles. The molecule has 0 aliphatic heterocycles. The van der Waals surface area contributed by atoms with Gasteiger partial charge in [-0.25, -0.2) is 9.37 Å². The fourth-order valence-corrected chi connectivity index (χ4v) is 3.19. The number of carbonyl (C=O) groups excluding carboxylic acids is 1. The van der Waals surface area contributed by atoms with Gasteiger partial charge < -0.3 is 9.29 Å². The van der Waals surface area contributed by atoms with Gasteiger partial charge in [-0.2, -0.15) is 0 Å². The molecule has 1 N–H and O–H groups in total. The Balaban J connectivity index is 3.26. The maximum Gasteiger partial charge on any atom is 0.308 e. The average molecular weight is 437 g/mol. The van der Waals surface area contributed by atoms with Crippen LogP contribution in [0.15, 0.2) is 16.7 Å². The molecule has 0 aromatic carbocycles. The summed E-state index contributed by atoms with van der Waals surface area (Å²) in [6, 6.07) is 2.72. The highest BCUT2D eigenvalue weighted by atomic mass is 79.9. The number of esters is 1. The van der Waals surface area contributed by atoms with Crippen LogP contribution in [0.2, 0.25) is 0 Å². The summed E-state index contributed by atoms with van der Waals surface area (Å²) < 4.78 is 35.1. The second-order valence-electron chi connectivity index (χ2n) is 8.04. The second kappa shape index (κ2) is 7.90. The van der Waals surface area contributed by atoms with Crippen molar-refractivity contribution < 1.29 is 18.5 Å². The number of ether oxygens (including phenoxy) is 1. The van der Waals surface area contributed by atoms with Gasteiger partial charge in [-0.1, -0.05) is 0 Å². The molecular formula is C17H26BrFN2O3S. The van der Waals surface area contributed by atoms with Gasteiger partial charge in [0.2, 0.25) is 0 Å². The molecule has 0 bridgehead atoms. The first-order chi connectivity index (χ1) is 11.1. The first-order valence-electron chi connectivity index (χ1n) is 7.88. The first-order valence-corrected chi connectivity index (χ1v) is 9.82. The molecule has 1 aromatic rings. The third-order valence-corrected chi connectivity index (χ3v) is 5.32. The zero-order valence-corrected chi connectivity index (χ0v) is 18.1. The third-order valence-electron chi connectivity index (χ3n) is 3.13. The Morgan fingerprint density at radius 2 is 1.84 bits per heavy atom. The summed E-state index contributed by atoms with van der Waals surface area (Å²) in [6.45, 7) is 12.2. The van der Waals surface area contributed by atoms with Crippen LogP contribution >= 0.6 is 15.9 Å². The fraction of sp³-hybridized carbons (Fsp3) is 0.647. The predicted octanol–water partition coefficient (Wildman–Crippen LogP) is 3.98. The van der Waals surface area contributed by atoms with Crippen LogP contribution in [0.5, 0.6) is 0 Å². The van der Waals surface area contributed by atoms with E-state index in [1.165, 1.54) is 12.1 Å². The van der Waals surface area contributed by atoms with Gasteiger partial charge in [-0.05, 0) is 76.5 Å². The summed E-state index contributed by atoms with van der Waals surface area (Å²) in [5.74, 6) is -1.12. The van der Waals surface area contributed by atoms with Crippen LogP contribution in [0.4, 0.5) is 4.39 Å². The summed E-state index contributed by atoms with van der Waals surface area (Å²) >= 11 is 1.67. The number of aromatic nitrogens is 1. The van der Waals surface area contributed by atoms with Crippen LogP contribution in [-0.4, -0.2) is 25.9 Å². The monoisotopic (exact) mass is 436 g/mol. The largest absolute Gasteiger partial charge is 0.598 e. The summed E-state index contributed by atoms with van der Waals surface area (Å²) in [4.78, 5) is 16.5. The molecule has 0 amide bonds. The van der Waals surface area contributed by atoms with Crippen molar-refractivity contribution in [3.63, 3.8) is 0 Å². The smallest absolute Gasteiger partial charge is 0.308 e. The Morgan fingerprint density at radius 3 is 2.32 bits per heavy atom. The van der Waals surface area contributed by atoms with E-state index < -0.39 is 39.0 Å². The van der Waals surface area contributed by atoms with Crippen LogP contribution < -0.4 is 4.72 Å². The van der Waals surface area contributed by atoms with Gasteiger partial charge in [0, 0.05) is 11.4 Å². The Bertz CT molecular complexity index is 631. The zero-order chi connectivity index (χ0) is 19.6. The molecule has 142 valence electrons. The van der Waals surface area contributed by atoms with Crippen molar-refractivity contribution in [2.45, 2.75) is 70.8 Å². The van der Waals surface area contributed by atoms with Crippen molar-refractivity contribution in [2.24, 2.45) is 0 Å². The van der Waals surface area contributed by atoms with Crippen molar-refractivity contribution in [2.75, 3.05) is 0 Å². The van der Waals surface area contributed by atoms with Gasteiger partial charge in [0.1, 0.15) is 32.0 Å². The molecule has 0 aliphatic rings. The zero-order valence-electron chi connectivity index (χ0n) is 15.7. The number of rotatable bonds is 5. The Kier molecular flexibility index (Phi) is 7.06. The number of pyridine rings is 1. The highest BCUT2D eigenvalue weighted by Gasteiger charge is 2.42. The number of carbonyl (C=O) groups is 1. The van der Waals surface area contributed by atoms with E-state index >= 15 is 0 Å². The maximum atomic E-state index is 14.4. The Hall–Kier alpha value is -0.700. The van der Waals surface area contributed by atoms with Crippen molar-refractivity contribution in [3.8, 4) is 0 Å². The summed E-state index contributed by atoms with van der Waals surface area (Å²) in [7, 11) is 0. The fourth-order valence-electron chi connectivity index (χ4n) is 2.00. The molecule has 2 atom stereocenters. The number of nitrogens with zero attached hydrogens (tertiary/aromatic N) is 1. The minimum Gasteiger partial charge on any atom is -0.598 e. The van der Waals surface area contributed by atoms with E-state index in [-0.39, 0.29) is 12.1 Å². The molecule has 0 radical (unpaired) electrons. The number of halogens is 2. The normalized spacial score (nSPS) is 16.2. The summed E-state index contributed by atoms with van der Waals surface area (Å²) in [5, 5.41) is 0. The molecule has 8 heteroatoms. The van der Waals surface area contributed by atoms with Gasteiger partial charge >= 0.3 is 5.97 Å². The van der Waals surface area contributed by atoms with E-state index in [2.05, 4.69) is 25.6 Å². The molecule has 0 spiro atoms. The molecule has 5 nitrogen and oxygen atoms in total. The summed E-state index contributed by atoms with van der Waals surface area (Å²) in [6.07, 6.45) is -0.216.